The van der Waals surface area contributed by atoms with E-state index in [-0.39, 0.29) is 0 Å². The molecule has 0 amide bonds. The van der Waals surface area contributed by atoms with Gasteiger partial charge in [0.1, 0.15) is 4.99 Å². The van der Waals surface area contributed by atoms with Crippen LogP contribution in [-0.2, 0) is 0 Å². The van der Waals surface area contributed by atoms with Crippen LogP contribution in [0.1, 0.15) is 32.8 Å². The van der Waals surface area contributed by atoms with E-state index in [0.29, 0.717) is 11.0 Å². The van der Waals surface area contributed by atoms with Crippen LogP contribution in [0.2, 0.25) is 0 Å². The van der Waals surface area contributed by atoms with E-state index in [4.69, 9.17) is 18.0 Å². The molecule has 1 rings (SSSR count). The number of aromatic nitrogens is 2. The summed E-state index contributed by atoms with van der Waals surface area (Å²) in [6.07, 6.45) is 2.66. The quantitative estimate of drug-likeness (QED) is 0.792. The summed E-state index contributed by atoms with van der Waals surface area (Å²) in [4.78, 5) is 2.54. The molecule has 1 atom stereocenters. The van der Waals surface area contributed by atoms with Crippen LogP contribution >= 0.6 is 12.2 Å². The molecule has 1 aromatic heterocycles. The maximum atomic E-state index is 5.69. The van der Waals surface area contributed by atoms with Crippen LogP contribution in [-0.4, -0.2) is 27.8 Å². The molecule has 0 spiro atoms. The van der Waals surface area contributed by atoms with Crippen molar-refractivity contribution in [1.82, 2.24) is 10.2 Å². The van der Waals surface area contributed by atoms with E-state index in [1.54, 1.807) is 6.20 Å². The van der Waals surface area contributed by atoms with Crippen LogP contribution in [0.15, 0.2) is 12.3 Å². The molecule has 0 fully saturated rings. The van der Waals surface area contributed by atoms with Crippen molar-refractivity contribution >= 4 is 23.0 Å². The van der Waals surface area contributed by atoms with Gasteiger partial charge in [0, 0.05) is 12.6 Å². The summed E-state index contributed by atoms with van der Waals surface area (Å²) in [5.41, 5.74) is 6.48. The first kappa shape index (κ1) is 12.8. The van der Waals surface area contributed by atoms with Crippen molar-refractivity contribution in [2.45, 2.75) is 33.2 Å². The third-order valence-electron chi connectivity index (χ3n) is 2.70. The van der Waals surface area contributed by atoms with E-state index in [2.05, 4.69) is 35.9 Å². The van der Waals surface area contributed by atoms with Crippen LogP contribution in [0, 0.1) is 0 Å². The number of nitrogens with zero attached hydrogens (tertiary/aromatic N) is 3. The van der Waals surface area contributed by atoms with Crippen molar-refractivity contribution in [2.75, 3.05) is 11.4 Å². The van der Waals surface area contributed by atoms with Gasteiger partial charge in [0.15, 0.2) is 5.82 Å². The van der Waals surface area contributed by atoms with Crippen LogP contribution in [0.25, 0.3) is 0 Å². The summed E-state index contributed by atoms with van der Waals surface area (Å²) < 4.78 is 0. The average Bonchev–Trinajstić information content (AvgIpc) is 2.30. The van der Waals surface area contributed by atoms with Gasteiger partial charge in [-0.3, -0.25) is 0 Å². The predicted molar refractivity (Wildman–Crippen MR) is 70.7 cm³/mol. The Morgan fingerprint density at radius 2 is 2.25 bits per heavy atom. The number of hydrogen-bond donors (Lipinski definition) is 1. The zero-order valence-corrected chi connectivity index (χ0v) is 10.8. The van der Waals surface area contributed by atoms with E-state index >= 15 is 0 Å². The summed E-state index contributed by atoms with van der Waals surface area (Å²) in [6.45, 7) is 7.25. The van der Waals surface area contributed by atoms with Crippen LogP contribution in [0.4, 0.5) is 5.82 Å². The van der Waals surface area contributed by atoms with E-state index in [9.17, 15) is 0 Å². The summed E-state index contributed by atoms with van der Waals surface area (Å²) in [6, 6.07) is 2.21. The lowest BCUT2D eigenvalue weighted by atomic mass is 10.2. The number of anilines is 1. The second-order valence-corrected chi connectivity index (χ2v) is 4.12. The molecule has 0 radical (unpaired) electrons. The minimum atomic E-state index is 0.367. The molecule has 88 valence electrons. The van der Waals surface area contributed by atoms with Gasteiger partial charge in [0.05, 0.1) is 11.8 Å². The zero-order valence-electron chi connectivity index (χ0n) is 9.97. The van der Waals surface area contributed by atoms with Crippen molar-refractivity contribution in [3.8, 4) is 0 Å². The first-order valence-corrected chi connectivity index (χ1v) is 5.90. The highest BCUT2D eigenvalue weighted by Crippen LogP contribution is 2.19. The van der Waals surface area contributed by atoms with E-state index < -0.39 is 0 Å². The summed E-state index contributed by atoms with van der Waals surface area (Å²) in [5.74, 6) is 0.784. The Balaban J connectivity index is 3.14. The Bertz CT molecular complexity index is 367. The van der Waals surface area contributed by atoms with Crippen molar-refractivity contribution < 1.29 is 0 Å². The summed E-state index contributed by atoms with van der Waals surface area (Å²) >= 11 is 5.02. The Hall–Kier alpha value is -1.23. The minimum Gasteiger partial charge on any atom is -0.389 e. The van der Waals surface area contributed by atoms with Crippen molar-refractivity contribution in [1.29, 1.82) is 0 Å². The molecule has 16 heavy (non-hydrogen) atoms. The standard InChI is InChI=1S/C11H18N4S/c1-4-8(3)15(5-2)11-9(10(12)16)6-7-13-14-11/h6-8H,4-5H2,1-3H3,(H2,12,16). The Morgan fingerprint density at radius 1 is 1.56 bits per heavy atom. The van der Waals surface area contributed by atoms with Crippen molar-refractivity contribution in [2.24, 2.45) is 5.73 Å². The lowest BCUT2D eigenvalue weighted by molar-refractivity contribution is 0.618. The van der Waals surface area contributed by atoms with Crippen molar-refractivity contribution in [3.63, 3.8) is 0 Å². The van der Waals surface area contributed by atoms with Gasteiger partial charge in [0.2, 0.25) is 0 Å². The molecule has 4 nitrogen and oxygen atoms in total. The summed E-state index contributed by atoms with van der Waals surface area (Å²) in [5, 5.41) is 8.05. The van der Waals surface area contributed by atoms with E-state index in [0.717, 1.165) is 24.3 Å². The normalized spacial score (nSPS) is 12.2. The second kappa shape index (κ2) is 5.75. The highest BCUT2D eigenvalue weighted by atomic mass is 32.1. The minimum absolute atomic E-state index is 0.367. The maximum Gasteiger partial charge on any atom is 0.161 e. The molecule has 0 saturated carbocycles. The molecule has 0 aromatic carbocycles. The molecular formula is C11H18N4S. The second-order valence-electron chi connectivity index (χ2n) is 3.68. The van der Waals surface area contributed by atoms with Gasteiger partial charge in [0.25, 0.3) is 0 Å². The largest absolute Gasteiger partial charge is 0.389 e. The molecule has 0 saturated heterocycles. The predicted octanol–water partition coefficient (Wildman–Crippen LogP) is 1.74. The molecule has 1 unspecified atom stereocenters. The number of hydrogen-bond acceptors (Lipinski definition) is 4. The van der Waals surface area contributed by atoms with Gasteiger partial charge >= 0.3 is 0 Å². The number of rotatable bonds is 5. The molecule has 5 heteroatoms. The molecule has 1 heterocycles. The molecular weight excluding hydrogens is 220 g/mol. The highest BCUT2D eigenvalue weighted by molar-refractivity contribution is 7.80. The number of nitrogens with two attached hydrogens (primary N) is 1. The number of thiocarbonyl (C=S) groups is 1. The summed E-state index contributed by atoms with van der Waals surface area (Å²) in [7, 11) is 0. The average molecular weight is 238 g/mol. The van der Waals surface area contributed by atoms with Crippen molar-refractivity contribution in [3.05, 3.63) is 17.8 Å². The first-order valence-electron chi connectivity index (χ1n) is 5.49. The van der Waals surface area contributed by atoms with Gasteiger partial charge in [-0.2, -0.15) is 5.10 Å². The van der Waals surface area contributed by atoms with E-state index in [1.165, 1.54) is 0 Å². The first-order chi connectivity index (χ1) is 7.61. The smallest absolute Gasteiger partial charge is 0.161 e. The maximum absolute atomic E-state index is 5.69. The topological polar surface area (TPSA) is 55.0 Å². The molecule has 0 aliphatic heterocycles. The zero-order chi connectivity index (χ0) is 12.1. The van der Waals surface area contributed by atoms with Gasteiger partial charge in [-0.25, -0.2) is 0 Å². The lowest BCUT2D eigenvalue weighted by Gasteiger charge is -2.29. The molecule has 0 bridgehead atoms. The molecule has 2 N–H and O–H groups in total. The lowest BCUT2D eigenvalue weighted by Crippen LogP contribution is -2.35. The van der Waals surface area contributed by atoms with Gasteiger partial charge < -0.3 is 10.6 Å². The third kappa shape index (κ3) is 2.66. The monoisotopic (exact) mass is 238 g/mol. The van der Waals surface area contributed by atoms with Gasteiger partial charge in [-0.05, 0) is 26.3 Å². The third-order valence-corrected chi connectivity index (χ3v) is 2.92. The van der Waals surface area contributed by atoms with E-state index in [1.807, 2.05) is 6.07 Å². The molecule has 0 aliphatic rings. The Labute approximate surface area is 102 Å². The fraction of sp³-hybridized carbons (Fsp3) is 0.545. The highest BCUT2D eigenvalue weighted by Gasteiger charge is 2.17. The van der Waals surface area contributed by atoms with Crippen LogP contribution in [0.5, 0.6) is 0 Å². The molecule has 1 aromatic rings. The molecule has 0 aliphatic carbocycles. The Morgan fingerprint density at radius 3 is 2.75 bits per heavy atom. The van der Waals surface area contributed by atoms with Gasteiger partial charge in [-0.1, -0.05) is 19.1 Å². The fourth-order valence-corrected chi connectivity index (χ4v) is 1.78. The van der Waals surface area contributed by atoms with Crippen LogP contribution < -0.4 is 10.6 Å². The van der Waals surface area contributed by atoms with Crippen LogP contribution in [0.3, 0.4) is 0 Å². The fourth-order valence-electron chi connectivity index (χ4n) is 1.62. The SMILES string of the molecule is CCC(C)N(CC)c1nnccc1C(N)=S. The Kier molecular flexibility index (Phi) is 4.61. The van der Waals surface area contributed by atoms with Gasteiger partial charge in [-0.15, -0.1) is 5.10 Å².